The van der Waals surface area contributed by atoms with Gasteiger partial charge in [0.1, 0.15) is 0 Å². The number of nitrogens with one attached hydrogen (secondary N) is 1. The zero-order valence-electron chi connectivity index (χ0n) is 11.0. The summed E-state index contributed by atoms with van der Waals surface area (Å²) in [7, 11) is 0. The van der Waals surface area contributed by atoms with Crippen LogP contribution in [-0.4, -0.2) is 12.6 Å². The number of allylic oxidation sites excluding steroid dienone is 1. The van der Waals surface area contributed by atoms with E-state index in [2.05, 4.69) is 18.8 Å². The van der Waals surface area contributed by atoms with Gasteiger partial charge in [0, 0.05) is 6.04 Å². The summed E-state index contributed by atoms with van der Waals surface area (Å²) >= 11 is 0. The molecule has 0 saturated heterocycles. The Hall–Kier alpha value is -0.300. The fraction of sp³-hybridized carbons (Fsp3) is 0.867. The summed E-state index contributed by atoms with van der Waals surface area (Å²) in [6.45, 7) is 7.22. The van der Waals surface area contributed by atoms with E-state index in [1.54, 1.807) is 0 Å². The van der Waals surface area contributed by atoms with Gasteiger partial charge in [-0.2, -0.15) is 0 Å². The number of hydrogen-bond acceptors (Lipinski definition) is 1. The van der Waals surface area contributed by atoms with Crippen molar-refractivity contribution in [2.45, 2.75) is 70.8 Å². The molecule has 1 atom stereocenters. The Bertz CT molecular complexity index is 172. The van der Waals surface area contributed by atoms with Crippen LogP contribution in [-0.2, 0) is 0 Å². The molecular weight excluding hydrogens is 194 g/mol. The zero-order valence-corrected chi connectivity index (χ0v) is 11.0. The molecule has 0 aromatic heterocycles. The molecule has 1 rings (SSSR count). The second-order valence-corrected chi connectivity index (χ2v) is 5.26. The van der Waals surface area contributed by atoms with Crippen molar-refractivity contribution in [1.29, 1.82) is 0 Å². The third kappa shape index (κ3) is 7.05. The minimum atomic E-state index is 0.802. The highest BCUT2D eigenvalue weighted by molar-refractivity contribution is 4.80. The first-order valence-electron chi connectivity index (χ1n) is 7.21. The van der Waals surface area contributed by atoms with Gasteiger partial charge in [0.05, 0.1) is 0 Å². The molecule has 0 radical (unpaired) electrons. The normalized spacial score (nSPS) is 17.3. The first kappa shape index (κ1) is 13.8. The van der Waals surface area contributed by atoms with Crippen LogP contribution in [0.15, 0.2) is 12.7 Å². The molecule has 1 saturated carbocycles. The van der Waals surface area contributed by atoms with Crippen molar-refractivity contribution >= 4 is 0 Å². The van der Waals surface area contributed by atoms with Gasteiger partial charge >= 0.3 is 0 Å². The van der Waals surface area contributed by atoms with Gasteiger partial charge in [-0.3, -0.25) is 0 Å². The highest BCUT2D eigenvalue weighted by atomic mass is 14.9. The van der Waals surface area contributed by atoms with Crippen LogP contribution in [0.4, 0.5) is 0 Å². The van der Waals surface area contributed by atoms with Gasteiger partial charge in [-0.05, 0) is 44.6 Å². The van der Waals surface area contributed by atoms with E-state index in [9.17, 15) is 0 Å². The van der Waals surface area contributed by atoms with Gasteiger partial charge in [0.25, 0.3) is 0 Å². The molecule has 0 aromatic rings. The molecule has 0 aliphatic heterocycles. The van der Waals surface area contributed by atoms with Crippen LogP contribution < -0.4 is 5.32 Å². The van der Waals surface area contributed by atoms with E-state index in [0.29, 0.717) is 0 Å². The largest absolute Gasteiger partial charge is 0.314 e. The third-order valence-corrected chi connectivity index (χ3v) is 3.46. The van der Waals surface area contributed by atoms with Gasteiger partial charge in [-0.1, -0.05) is 38.7 Å². The Balaban J connectivity index is 2.02. The van der Waals surface area contributed by atoms with Crippen LogP contribution in [0, 0.1) is 5.92 Å². The van der Waals surface area contributed by atoms with Crippen LogP contribution in [0.5, 0.6) is 0 Å². The molecule has 0 spiro atoms. The number of unbranched alkanes of at least 4 members (excludes halogenated alkanes) is 3. The first-order chi connectivity index (χ1) is 7.86. The number of hydrogen-bond donors (Lipinski definition) is 1. The van der Waals surface area contributed by atoms with Gasteiger partial charge < -0.3 is 5.32 Å². The molecule has 94 valence electrons. The van der Waals surface area contributed by atoms with Crippen molar-refractivity contribution in [1.82, 2.24) is 5.32 Å². The van der Waals surface area contributed by atoms with E-state index < -0.39 is 0 Å². The fourth-order valence-corrected chi connectivity index (χ4v) is 2.26. The number of rotatable bonds is 11. The monoisotopic (exact) mass is 223 g/mol. The second-order valence-electron chi connectivity index (χ2n) is 5.26. The highest BCUT2D eigenvalue weighted by Crippen LogP contribution is 2.34. The van der Waals surface area contributed by atoms with E-state index >= 15 is 0 Å². The Morgan fingerprint density at radius 3 is 2.75 bits per heavy atom. The Labute approximate surface area is 102 Å². The molecule has 0 aromatic carbocycles. The van der Waals surface area contributed by atoms with Gasteiger partial charge in [0.2, 0.25) is 0 Å². The highest BCUT2D eigenvalue weighted by Gasteiger charge is 2.24. The average molecular weight is 223 g/mol. The van der Waals surface area contributed by atoms with E-state index in [0.717, 1.165) is 12.0 Å². The maximum absolute atomic E-state index is 3.77. The molecule has 1 fully saturated rings. The van der Waals surface area contributed by atoms with E-state index in [-0.39, 0.29) is 0 Å². The Kier molecular flexibility index (Phi) is 7.58. The van der Waals surface area contributed by atoms with Crippen LogP contribution in [0.25, 0.3) is 0 Å². The van der Waals surface area contributed by atoms with Crippen LogP contribution in [0.2, 0.25) is 0 Å². The summed E-state index contributed by atoms with van der Waals surface area (Å²) < 4.78 is 0. The molecule has 1 unspecified atom stereocenters. The fourth-order valence-electron chi connectivity index (χ4n) is 2.26. The molecule has 0 amide bonds. The summed E-state index contributed by atoms with van der Waals surface area (Å²) in [4.78, 5) is 0. The summed E-state index contributed by atoms with van der Waals surface area (Å²) in [5.74, 6) is 1.06. The molecule has 16 heavy (non-hydrogen) atoms. The van der Waals surface area contributed by atoms with Crippen molar-refractivity contribution in [2.75, 3.05) is 6.54 Å². The van der Waals surface area contributed by atoms with Gasteiger partial charge in [-0.15, -0.1) is 6.58 Å². The summed E-state index contributed by atoms with van der Waals surface area (Å²) in [5, 5.41) is 3.71. The van der Waals surface area contributed by atoms with Crippen LogP contribution in [0.1, 0.15) is 64.7 Å². The average Bonchev–Trinajstić information content (AvgIpc) is 3.09. The van der Waals surface area contributed by atoms with Gasteiger partial charge in [0.15, 0.2) is 0 Å². The topological polar surface area (TPSA) is 12.0 Å². The van der Waals surface area contributed by atoms with Crippen molar-refractivity contribution < 1.29 is 0 Å². The summed E-state index contributed by atoms with van der Waals surface area (Å²) in [5.41, 5.74) is 0. The lowest BCUT2D eigenvalue weighted by Crippen LogP contribution is -2.30. The van der Waals surface area contributed by atoms with E-state index in [4.69, 9.17) is 0 Å². The van der Waals surface area contributed by atoms with Crippen molar-refractivity contribution in [3.8, 4) is 0 Å². The zero-order chi connectivity index (χ0) is 11.6. The minimum absolute atomic E-state index is 0.802. The molecule has 1 heteroatoms. The molecule has 1 aliphatic carbocycles. The van der Waals surface area contributed by atoms with Crippen molar-refractivity contribution in [2.24, 2.45) is 5.92 Å². The predicted molar refractivity (Wildman–Crippen MR) is 72.7 cm³/mol. The molecule has 0 heterocycles. The molecule has 0 bridgehead atoms. The lowest BCUT2D eigenvalue weighted by Gasteiger charge is -2.18. The van der Waals surface area contributed by atoms with E-state index in [1.807, 2.05) is 6.08 Å². The van der Waals surface area contributed by atoms with Gasteiger partial charge in [-0.25, -0.2) is 0 Å². The van der Waals surface area contributed by atoms with Crippen LogP contribution in [0.3, 0.4) is 0 Å². The molecule has 1 aliphatic rings. The van der Waals surface area contributed by atoms with Crippen LogP contribution >= 0.6 is 0 Å². The standard InChI is InChI=1S/C15H29N/c1-3-5-6-7-8-9-15(16-12-4-2)13-14-10-11-14/h3,14-16H,1,4-13H2,2H3. The smallest absolute Gasteiger partial charge is 0.00696 e. The maximum atomic E-state index is 3.77. The lowest BCUT2D eigenvalue weighted by atomic mass is 10.0. The lowest BCUT2D eigenvalue weighted by molar-refractivity contribution is 0.416. The first-order valence-corrected chi connectivity index (χ1v) is 7.21. The maximum Gasteiger partial charge on any atom is 0.00696 e. The Morgan fingerprint density at radius 2 is 2.12 bits per heavy atom. The second kappa shape index (κ2) is 8.81. The molecule has 1 N–H and O–H groups in total. The summed E-state index contributed by atoms with van der Waals surface area (Å²) in [6, 6.07) is 0.802. The minimum Gasteiger partial charge on any atom is -0.314 e. The predicted octanol–water partition coefficient (Wildman–Crippen LogP) is 4.29. The third-order valence-electron chi connectivity index (χ3n) is 3.46. The van der Waals surface area contributed by atoms with Crippen molar-refractivity contribution in [3.05, 3.63) is 12.7 Å². The molecular formula is C15H29N. The van der Waals surface area contributed by atoms with E-state index in [1.165, 1.54) is 64.3 Å². The molecule has 1 nitrogen and oxygen atoms in total. The summed E-state index contributed by atoms with van der Waals surface area (Å²) in [6.07, 6.45) is 14.4. The Morgan fingerprint density at radius 1 is 1.31 bits per heavy atom. The van der Waals surface area contributed by atoms with Crippen molar-refractivity contribution in [3.63, 3.8) is 0 Å². The quantitative estimate of drug-likeness (QED) is 0.407. The SMILES string of the molecule is C=CCCCCCC(CC1CC1)NCCC.